The van der Waals surface area contributed by atoms with Crippen LogP contribution in [0.3, 0.4) is 0 Å². The van der Waals surface area contributed by atoms with Gasteiger partial charge in [-0.3, -0.25) is 4.79 Å². The maximum atomic E-state index is 11.7. The number of carbonyl (C=O) groups is 2. The minimum atomic E-state index is -0.608. The third-order valence-corrected chi connectivity index (χ3v) is 2.73. The molecule has 4 heteroatoms. The number of hydrogen-bond acceptors (Lipinski definition) is 3. The molecule has 1 fully saturated rings. The third kappa shape index (κ3) is 2.51. The summed E-state index contributed by atoms with van der Waals surface area (Å²) in [5, 5.41) is 0. The first-order valence-corrected chi connectivity index (χ1v) is 5.69. The fourth-order valence-corrected chi connectivity index (χ4v) is 1.91. The smallest absolute Gasteiger partial charge is 0.417 e. The molecule has 1 aromatic rings. The third-order valence-electron chi connectivity index (χ3n) is 2.73. The molecule has 1 aliphatic rings. The zero-order valence-corrected chi connectivity index (χ0v) is 10.1. The maximum Gasteiger partial charge on any atom is 0.417 e. The number of benzene rings is 1. The van der Waals surface area contributed by atoms with E-state index in [4.69, 9.17) is 4.74 Å². The SMILES string of the molecule is CC#CC(=O)N1C(=O)OC[C@H]1Cc1ccccc1. The van der Waals surface area contributed by atoms with Crippen LogP contribution < -0.4 is 0 Å². The Balaban J connectivity index is 2.14. The van der Waals surface area contributed by atoms with Gasteiger partial charge >= 0.3 is 12.0 Å². The highest BCUT2D eigenvalue weighted by atomic mass is 16.6. The van der Waals surface area contributed by atoms with Gasteiger partial charge in [-0.2, -0.15) is 0 Å². The second-order valence-electron chi connectivity index (χ2n) is 3.97. The molecular formula is C14H13NO3. The molecule has 18 heavy (non-hydrogen) atoms. The molecule has 0 bridgehead atoms. The number of hydrogen-bond donors (Lipinski definition) is 0. The first-order valence-electron chi connectivity index (χ1n) is 5.69. The van der Waals surface area contributed by atoms with Crippen LogP contribution in [-0.4, -0.2) is 29.5 Å². The van der Waals surface area contributed by atoms with Crippen LogP contribution in [0.1, 0.15) is 12.5 Å². The summed E-state index contributed by atoms with van der Waals surface area (Å²) in [6.45, 7) is 1.79. The summed E-state index contributed by atoms with van der Waals surface area (Å²) < 4.78 is 4.92. The van der Waals surface area contributed by atoms with Crippen LogP contribution in [0.4, 0.5) is 4.79 Å². The van der Waals surface area contributed by atoms with Crippen LogP contribution >= 0.6 is 0 Å². The normalized spacial score (nSPS) is 17.9. The predicted octanol–water partition coefficient (Wildman–Crippen LogP) is 1.60. The fraction of sp³-hybridized carbons (Fsp3) is 0.286. The largest absolute Gasteiger partial charge is 0.447 e. The molecule has 0 aliphatic carbocycles. The maximum absolute atomic E-state index is 11.7. The number of rotatable bonds is 2. The molecule has 1 heterocycles. The van der Waals surface area contributed by atoms with Crippen molar-refractivity contribution in [2.45, 2.75) is 19.4 Å². The highest BCUT2D eigenvalue weighted by Gasteiger charge is 2.37. The van der Waals surface area contributed by atoms with Gasteiger partial charge in [-0.15, -0.1) is 0 Å². The highest BCUT2D eigenvalue weighted by Crippen LogP contribution is 2.17. The van der Waals surface area contributed by atoms with Crippen molar-refractivity contribution in [1.29, 1.82) is 0 Å². The summed E-state index contributed by atoms with van der Waals surface area (Å²) >= 11 is 0. The molecule has 2 amide bonds. The van der Waals surface area contributed by atoms with Gasteiger partial charge in [0, 0.05) is 0 Å². The lowest BCUT2D eigenvalue weighted by molar-refractivity contribution is -0.123. The van der Waals surface area contributed by atoms with Gasteiger partial charge in [0.15, 0.2) is 0 Å². The van der Waals surface area contributed by atoms with E-state index in [0.29, 0.717) is 6.42 Å². The molecule has 0 N–H and O–H groups in total. The van der Waals surface area contributed by atoms with Crippen molar-refractivity contribution in [3.8, 4) is 11.8 Å². The van der Waals surface area contributed by atoms with Gasteiger partial charge in [-0.25, -0.2) is 9.69 Å². The van der Waals surface area contributed by atoms with E-state index in [0.717, 1.165) is 10.5 Å². The monoisotopic (exact) mass is 243 g/mol. The quantitative estimate of drug-likeness (QED) is 0.741. The Labute approximate surface area is 106 Å². The number of carbonyl (C=O) groups excluding carboxylic acids is 2. The Morgan fingerprint density at radius 2 is 2.17 bits per heavy atom. The molecule has 1 atom stereocenters. The second kappa shape index (κ2) is 5.37. The van der Waals surface area contributed by atoms with E-state index in [9.17, 15) is 9.59 Å². The van der Waals surface area contributed by atoms with E-state index in [2.05, 4.69) is 11.8 Å². The van der Waals surface area contributed by atoms with Crippen LogP contribution in [-0.2, 0) is 16.0 Å². The van der Waals surface area contributed by atoms with E-state index in [1.165, 1.54) is 0 Å². The zero-order valence-electron chi connectivity index (χ0n) is 10.1. The van der Waals surface area contributed by atoms with Crippen molar-refractivity contribution in [2.75, 3.05) is 6.61 Å². The van der Waals surface area contributed by atoms with Gasteiger partial charge in [0.05, 0.1) is 6.04 Å². The number of ether oxygens (including phenoxy) is 1. The molecule has 0 spiro atoms. The number of imide groups is 1. The Kier molecular flexibility index (Phi) is 3.63. The lowest BCUT2D eigenvalue weighted by Crippen LogP contribution is -2.39. The summed E-state index contributed by atoms with van der Waals surface area (Å²) in [5.41, 5.74) is 1.06. The standard InChI is InChI=1S/C14H13NO3/c1-2-6-13(16)15-12(10-18-14(15)17)9-11-7-4-3-5-8-11/h3-5,7-8,12H,9-10H2,1H3/t12-/m1/s1. The molecule has 1 aliphatic heterocycles. The number of cyclic esters (lactones) is 1. The number of nitrogens with zero attached hydrogens (tertiary/aromatic N) is 1. The van der Waals surface area contributed by atoms with E-state index in [-0.39, 0.29) is 12.6 Å². The fourth-order valence-electron chi connectivity index (χ4n) is 1.91. The molecule has 0 unspecified atom stereocenters. The summed E-state index contributed by atoms with van der Waals surface area (Å²) in [7, 11) is 0. The molecule has 0 aromatic heterocycles. The summed E-state index contributed by atoms with van der Waals surface area (Å²) in [5.74, 6) is 4.37. The van der Waals surface area contributed by atoms with Crippen molar-refractivity contribution in [1.82, 2.24) is 4.90 Å². The van der Waals surface area contributed by atoms with Gasteiger partial charge in [0.2, 0.25) is 0 Å². The lowest BCUT2D eigenvalue weighted by atomic mass is 10.1. The van der Waals surface area contributed by atoms with Crippen molar-refractivity contribution < 1.29 is 14.3 Å². The van der Waals surface area contributed by atoms with E-state index < -0.39 is 12.0 Å². The Bertz CT molecular complexity index is 513. The van der Waals surface area contributed by atoms with E-state index in [1.807, 2.05) is 30.3 Å². The van der Waals surface area contributed by atoms with Crippen molar-refractivity contribution in [3.63, 3.8) is 0 Å². The molecule has 0 saturated carbocycles. The van der Waals surface area contributed by atoms with E-state index >= 15 is 0 Å². The lowest BCUT2D eigenvalue weighted by Gasteiger charge is -2.16. The average molecular weight is 243 g/mol. The molecule has 0 radical (unpaired) electrons. The van der Waals surface area contributed by atoms with E-state index in [1.54, 1.807) is 6.92 Å². The van der Waals surface area contributed by atoms with Crippen molar-refractivity contribution in [3.05, 3.63) is 35.9 Å². The summed E-state index contributed by atoms with van der Waals surface area (Å²) in [6, 6.07) is 9.41. The van der Waals surface area contributed by atoms with Crippen LogP contribution in [0.2, 0.25) is 0 Å². The van der Waals surface area contributed by atoms with Gasteiger partial charge in [0.25, 0.3) is 0 Å². The van der Waals surface area contributed by atoms with Crippen LogP contribution in [0.5, 0.6) is 0 Å². The molecule has 2 rings (SSSR count). The highest BCUT2D eigenvalue weighted by molar-refractivity contribution is 6.03. The Hall–Kier alpha value is -2.28. The summed E-state index contributed by atoms with van der Waals surface area (Å²) in [6.07, 6.45) is -0.0207. The predicted molar refractivity (Wildman–Crippen MR) is 65.6 cm³/mol. The van der Waals surface area contributed by atoms with Crippen LogP contribution in [0.25, 0.3) is 0 Å². The molecule has 1 aromatic carbocycles. The topological polar surface area (TPSA) is 46.6 Å². The molecule has 4 nitrogen and oxygen atoms in total. The zero-order chi connectivity index (χ0) is 13.0. The van der Waals surface area contributed by atoms with Gasteiger partial charge in [-0.1, -0.05) is 36.3 Å². The number of amides is 2. The summed E-state index contributed by atoms with van der Waals surface area (Å²) in [4.78, 5) is 24.3. The Morgan fingerprint density at radius 1 is 1.44 bits per heavy atom. The van der Waals surface area contributed by atoms with Crippen molar-refractivity contribution >= 4 is 12.0 Å². The van der Waals surface area contributed by atoms with Gasteiger partial charge in [0.1, 0.15) is 6.61 Å². The van der Waals surface area contributed by atoms with Gasteiger partial charge in [-0.05, 0) is 24.8 Å². The molecule has 1 saturated heterocycles. The minimum Gasteiger partial charge on any atom is -0.447 e. The van der Waals surface area contributed by atoms with Crippen molar-refractivity contribution in [2.24, 2.45) is 0 Å². The first kappa shape index (κ1) is 12.2. The minimum absolute atomic E-state index is 0.227. The Morgan fingerprint density at radius 3 is 2.83 bits per heavy atom. The van der Waals surface area contributed by atoms with Crippen LogP contribution in [0.15, 0.2) is 30.3 Å². The molecule has 92 valence electrons. The van der Waals surface area contributed by atoms with Gasteiger partial charge < -0.3 is 4.74 Å². The average Bonchev–Trinajstić information content (AvgIpc) is 2.72. The molecular weight excluding hydrogens is 230 g/mol. The second-order valence-corrected chi connectivity index (χ2v) is 3.97. The van der Waals surface area contributed by atoms with Crippen LogP contribution in [0, 0.1) is 11.8 Å². The first-order chi connectivity index (χ1) is 8.72.